The first-order valence-electron chi connectivity index (χ1n) is 4.20. The normalized spacial score (nSPS) is 14.5. The van der Waals surface area contributed by atoms with Crippen molar-refractivity contribution in [3.8, 4) is 5.75 Å². The largest absolute Gasteiger partial charge is 0.543 e. The van der Waals surface area contributed by atoms with Gasteiger partial charge in [0.25, 0.3) is 0 Å². The van der Waals surface area contributed by atoms with Crippen LogP contribution in [-0.2, 0) is 10.3 Å². The van der Waals surface area contributed by atoms with E-state index in [-0.39, 0.29) is 0 Å². The first-order valence-corrected chi connectivity index (χ1v) is 4.20. The minimum atomic E-state index is -1.22. The molecule has 3 N–H and O–H groups in total. The van der Waals surface area contributed by atoms with Crippen LogP contribution in [0, 0.1) is 0 Å². The number of methoxy groups -OCH3 is 1. The van der Waals surface area contributed by atoms with Crippen LogP contribution in [0.1, 0.15) is 12.5 Å². The van der Waals surface area contributed by atoms with Gasteiger partial charge in [0, 0.05) is 12.5 Å². The minimum Gasteiger partial charge on any atom is -0.543 e. The molecule has 0 amide bonds. The maximum Gasteiger partial charge on any atom is 0.157 e. The van der Waals surface area contributed by atoms with Crippen LogP contribution in [0.4, 0.5) is 0 Å². The Labute approximate surface area is 82.3 Å². The van der Waals surface area contributed by atoms with Crippen LogP contribution in [0.5, 0.6) is 5.75 Å². The fourth-order valence-electron chi connectivity index (χ4n) is 1.08. The average Bonchev–Trinajstić information content (AvgIpc) is 2.17. The summed E-state index contributed by atoms with van der Waals surface area (Å²) in [5.41, 5.74) is 2.97. The Hall–Kier alpha value is -1.55. The average molecular weight is 195 g/mol. The number of hydrogen-bond acceptors (Lipinski definition) is 3. The topological polar surface area (TPSA) is 77.0 Å². The van der Waals surface area contributed by atoms with Crippen LogP contribution in [0.15, 0.2) is 24.3 Å². The molecule has 14 heavy (non-hydrogen) atoms. The zero-order chi connectivity index (χ0) is 10.8. The number of benzene rings is 1. The highest BCUT2D eigenvalue weighted by Gasteiger charge is 2.26. The van der Waals surface area contributed by atoms with Gasteiger partial charge in [-0.25, -0.2) is 0 Å². The van der Waals surface area contributed by atoms with E-state index < -0.39 is 11.5 Å². The number of hydrogen-bond donors (Lipinski definition) is 1. The van der Waals surface area contributed by atoms with E-state index in [1.165, 1.54) is 6.92 Å². The summed E-state index contributed by atoms with van der Waals surface area (Å²) in [6, 6.07) is 6.73. The lowest BCUT2D eigenvalue weighted by Gasteiger charge is -2.22. The van der Waals surface area contributed by atoms with E-state index in [1.807, 2.05) is 0 Å². The molecule has 0 aromatic heterocycles. The van der Waals surface area contributed by atoms with E-state index in [2.05, 4.69) is 5.73 Å². The van der Waals surface area contributed by atoms with Crippen molar-refractivity contribution < 1.29 is 20.4 Å². The Balaban J connectivity index is 3.02. The van der Waals surface area contributed by atoms with Crippen molar-refractivity contribution in [1.82, 2.24) is 0 Å². The van der Waals surface area contributed by atoms with Crippen LogP contribution in [0.25, 0.3) is 0 Å². The molecule has 0 bridgehead atoms. The van der Waals surface area contributed by atoms with Crippen molar-refractivity contribution in [1.29, 1.82) is 0 Å². The van der Waals surface area contributed by atoms with Gasteiger partial charge in [0.1, 0.15) is 11.7 Å². The van der Waals surface area contributed by atoms with Crippen molar-refractivity contribution in [3.63, 3.8) is 0 Å². The van der Waals surface area contributed by atoms with Crippen molar-refractivity contribution in [2.45, 2.75) is 12.5 Å². The number of carbonyl (C=O) groups is 1. The van der Waals surface area contributed by atoms with Crippen LogP contribution < -0.4 is 15.6 Å². The van der Waals surface area contributed by atoms with Gasteiger partial charge in [-0.2, -0.15) is 0 Å². The lowest BCUT2D eigenvalue weighted by molar-refractivity contribution is -0.489. The molecule has 0 spiro atoms. The quantitative estimate of drug-likeness (QED) is 0.665. The van der Waals surface area contributed by atoms with Crippen molar-refractivity contribution in [2.24, 2.45) is 0 Å². The summed E-state index contributed by atoms with van der Waals surface area (Å²) in [6.07, 6.45) is 0. The van der Waals surface area contributed by atoms with Gasteiger partial charge < -0.3 is 20.4 Å². The van der Waals surface area contributed by atoms with E-state index in [9.17, 15) is 9.90 Å². The summed E-state index contributed by atoms with van der Waals surface area (Å²) in [5.74, 6) is -0.509. The maximum atomic E-state index is 10.8. The number of rotatable bonds is 3. The summed E-state index contributed by atoms with van der Waals surface area (Å²) >= 11 is 0. The molecule has 1 aromatic rings. The number of quaternary nitrogens is 1. The molecule has 1 atom stereocenters. The second-order valence-electron chi connectivity index (χ2n) is 3.35. The summed E-state index contributed by atoms with van der Waals surface area (Å²) in [6.45, 7) is 1.50. The second kappa shape index (κ2) is 3.67. The Kier molecular flexibility index (Phi) is 2.76. The van der Waals surface area contributed by atoms with Gasteiger partial charge in [-0.3, -0.25) is 0 Å². The smallest absolute Gasteiger partial charge is 0.157 e. The highest BCUT2D eigenvalue weighted by atomic mass is 16.5. The number of carbonyl (C=O) groups excluding carboxylic acids is 1. The molecular formula is C10H13NO3. The number of carboxylic acids is 1. The first-order chi connectivity index (χ1) is 6.48. The number of ether oxygens (including phenoxy) is 1. The van der Waals surface area contributed by atoms with E-state index in [1.54, 1.807) is 31.4 Å². The third kappa shape index (κ3) is 1.85. The standard InChI is InChI=1S/C10H13NO3/c1-10(11,9(12)13)7-3-5-8(14-2)6-4-7/h3-6H,11H2,1-2H3,(H,12,13)/t10-/m1/s1. The van der Waals surface area contributed by atoms with Crippen molar-refractivity contribution in [2.75, 3.05) is 7.11 Å². The maximum absolute atomic E-state index is 10.8. The lowest BCUT2D eigenvalue weighted by atomic mass is 9.93. The number of carboxylic acid groups (broad SMARTS) is 1. The Morgan fingerprint density at radius 3 is 2.29 bits per heavy atom. The van der Waals surface area contributed by atoms with E-state index in [0.717, 1.165) is 0 Å². The van der Waals surface area contributed by atoms with Crippen molar-refractivity contribution >= 4 is 5.97 Å². The lowest BCUT2D eigenvalue weighted by Crippen LogP contribution is -2.75. The molecule has 0 fully saturated rings. The fraction of sp³-hybridized carbons (Fsp3) is 0.300. The first kappa shape index (κ1) is 10.5. The molecule has 4 nitrogen and oxygen atoms in total. The van der Waals surface area contributed by atoms with Crippen LogP contribution >= 0.6 is 0 Å². The molecule has 1 rings (SSSR count). The molecule has 1 aromatic carbocycles. The third-order valence-electron chi connectivity index (χ3n) is 2.18. The van der Waals surface area contributed by atoms with Gasteiger partial charge in [-0.1, -0.05) is 0 Å². The summed E-state index contributed by atoms with van der Waals surface area (Å²) in [7, 11) is 1.55. The predicted molar refractivity (Wildman–Crippen MR) is 48.2 cm³/mol. The monoisotopic (exact) mass is 195 g/mol. The van der Waals surface area contributed by atoms with E-state index in [0.29, 0.717) is 11.3 Å². The summed E-state index contributed by atoms with van der Waals surface area (Å²) in [5, 5.41) is 10.8. The Morgan fingerprint density at radius 2 is 1.93 bits per heavy atom. The molecule has 0 aliphatic heterocycles. The van der Waals surface area contributed by atoms with Gasteiger partial charge in [0.2, 0.25) is 0 Å². The highest BCUT2D eigenvalue weighted by Crippen LogP contribution is 2.18. The molecule has 4 heteroatoms. The molecule has 0 unspecified atom stereocenters. The van der Waals surface area contributed by atoms with Gasteiger partial charge in [-0.05, 0) is 24.3 Å². The molecule has 0 aliphatic rings. The molecule has 76 valence electrons. The number of aliphatic carboxylic acids is 1. The zero-order valence-corrected chi connectivity index (χ0v) is 8.24. The predicted octanol–water partition coefficient (Wildman–Crippen LogP) is -1.10. The van der Waals surface area contributed by atoms with Crippen LogP contribution in [-0.4, -0.2) is 13.1 Å². The van der Waals surface area contributed by atoms with Crippen LogP contribution in [0.2, 0.25) is 0 Å². The summed E-state index contributed by atoms with van der Waals surface area (Å²) < 4.78 is 4.96. The molecule has 0 aliphatic carbocycles. The SMILES string of the molecule is COc1ccc([C@@](C)([NH3+])C(=O)[O-])cc1. The van der Waals surface area contributed by atoms with Crippen LogP contribution in [0.3, 0.4) is 0 Å². The molecule has 0 saturated carbocycles. The van der Waals surface area contributed by atoms with Crippen molar-refractivity contribution in [3.05, 3.63) is 29.8 Å². The van der Waals surface area contributed by atoms with Gasteiger partial charge in [-0.15, -0.1) is 0 Å². The highest BCUT2D eigenvalue weighted by molar-refractivity contribution is 5.76. The molecule has 0 saturated heterocycles. The van der Waals surface area contributed by atoms with Gasteiger partial charge in [0.15, 0.2) is 5.54 Å². The minimum absolute atomic E-state index is 0.596. The zero-order valence-electron chi connectivity index (χ0n) is 8.24. The van der Waals surface area contributed by atoms with E-state index >= 15 is 0 Å². The van der Waals surface area contributed by atoms with E-state index in [4.69, 9.17) is 4.74 Å². The molecular weight excluding hydrogens is 182 g/mol. The van der Waals surface area contributed by atoms with Gasteiger partial charge in [0.05, 0.1) is 7.11 Å². The fourth-order valence-corrected chi connectivity index (χ4v) is 1.08. The molecule has 0 heterocycles. The second-order valence-corrected chi connectivity index (χ2v) is 3.35. The molecule has 0 radical (unpaired) electrons. The van der Waals surface area contributed by atoms with Gasteiger partial charge >= 0.3 is 0 Å². The third-order valence-corrected chi connectivity index (χ3v) is 2.18. The summed E-state index contributed by atoms with van der Waals surface area (Å²) in [4.78, 5) is 10.8. The Bertz CT molecular complexity index is 330. The Morgan fingerprint density at radius 1 is 1.43 bits per heavy atom.